The van der Waals surface area contributed by atoms with Crippen LogP contribution in [0.1, 0.15) is 18.2 Å². The van der Waals surface area contributed by atoms with E-state index in [9.17, 15) is 9.59 Å². The molecule has 88 valence electrons. The molecular formula is C12H13N3O2. The number of aromatic amines is 1. The van der Waals surface area contributed by atoms with Crippen LogP contribution < -0.4 is 11.2 Å². The van der Waals surface area contributed by atoms with Gasteiger partial charge in [-0.25, -0.2) is 4.79 Å². The van der Waals surface area contributed by atoms with E-state index in [1.54, 1.807) is 12.4 Å². The lowest BCUT2D eigenvalue weighted by Gasteiger charge is -2.05. The molecule has 0 fully saturated rings. The largest absolute Gasteiger partial charge is 0.328 e. The smallest absolute Gasteiger partial charge is 0.294 e. The quantitative estimate of drug-likeness (QED) is 0.838. The molecule has 0 aliphatic rings. The topological polar surface area (TPSA) is 67.8 Å². The normalized spacial score (nSPS) is 10.4. The summed E-state index contributed by atoms with van der Waals surface area (Å²) in [7, 11) is 0. The first-order chi connectivity index (χ1) is 8.20. The molecule has 17 heavy (non-hydrogen) atoms. The molecule has 0 aromatic carbocycles. The summed E-state index contributed by atoms with van der Waals surface area (Å²) in [5.74, 6) is 0. The summed E-state index contributed by atoms with van der Waals surface area (Å²) >= 11 is 0. The third-order valence-electron chi connectivity index (χ3n) is 2.52. The molecular weight excluding hydrogens is 218 g/mol. The van der Waals surface area contributed by atoms with Crippen molar-refractivity contribution in [2.75, 3.05) is 0 Å². The van der Waals surface area contributed by atoms with E-state index in [1.807, 2.05) is 25.1 Å². The summed E-state index contributed by atoms with van der Waals surface area (Å²) in [5.41, 5.74) is 0.664. The average Bonchev–Trinajstić information content (AvgIpc) is 2.34. The third kappa shape index (κ3) is 2.50. The molecule has 0 saturated carbocycles. The summed E-state index contributed by atoms with van der Waals surface area (Å²) in [4.78, 5) is 29.4. The fourth-order valence-corrected chi connectivity index (χ4v) is 1.59. The van der Waals surface area contributed by atoms with Crippen LogP contribution >= 0.6 is 0 Å². The maximum Gasteiger partial charge on any atom is 0.328 e. The van der Waals surface area contributed by atoms with Gasteiger partial charge in [0, 0.05) is 18.0 Å². The molecule has 0 aliphatic heterocycles. The zero-order chi connectivity index (χ0) is 12.3. The maximum absolute atomic E-state index is 11.6. The van der Waals surface area contributed by atoms with Crippen LogP contribution in [0.5, 0.6) is 0 Å². The van der Waals surface area contributed by atoms with E-state index in [-0.39, 0.29) is 5.56 Å². The monoisotopic (exact) mass is 231 g/mol. The van der Waals surface area contributed by atoms with Crippen molar-refractivity contribution < 1.29 is 0 Å². The minimum atomic E-state index is -0.405. The molecule has 0 saturated heterocycles. The van der Waals surface area contributed by atoms with E-state index in [1.165, 1.54) is 4.57 Å². The molecule has 0 amide bonds. The molecule has 0 radical (unpaired) electrons. The van der Waals surface area contributed by atoms with Crippen molar-refractivity contribution in [1.82, 2.24) is 14.5 Å². The molecule has 2 heterocycles. The van der Waals surface area contributed by atoms with Crippen LogP contribution in [0.25, 0.3) is 0 Å². The highest BCUT2D eigenvalue weighted by Gasteiger charge is 2.03. The predicted molar refractivity (Wildman–Crippen MR) is 64.0 cm³/mol. The highest BCUT2D eigenvalue weighted by atomic mass is 16.2. The lowest BCUT2D eigenvalue weighted by molar-refractivity contribution is 0.694. The predicted octanol–water partition coefficient (Wildman–Crippen LogP) is 0.542. The highest BCUT2D eigenvalue weighted by molar-refractivity contribution is 5.08. The fraction of sp³-hybridized carbons (Fsp3) is 0.250. The zero-order valence-electron chi connectivity index (χ0n) is 9.51. The summed E-state index contributed by atoms with van der Waals surface area (Å²) in [6.07, 6.45) is 3.86. The highest BCUT2D eigenvalue weighted by Crippen LogP contribution is 1.96. The van der Waals surface area contributed by atoms with Gasteiger partial charge in [-0.15, -0.1) is 0 Å². The Balaban J connectivity index is 2.40. The Morgan fingerprint density at radius 1 is 1.35 bits per heavy atom. The number of hydrogen-bond donors (Lipinski definition) is 1. The first-order valence-electron chi connectivity index (χ1n) is 5.43. The van der Waals surface area contributed by atoms with Gasteiger partial charge in [0.2, 0.25) is 0 Å². The molecule has 1 N–H and O–H groups in total. The van der Waals surface area contributed by atoms with Gasteiger partial charge in [0.25, 0.3) is 5.56 Å². The van der Waals surface area contributed by atoms with Gasteiger partial charge in [-0.2, -0.15) is 0 Å². The molecule has 2 rings (SSSR count). The number of rotatable bonds is 3. The second kappa shape index (κ2) is 4.78. The van der Waals surface area contributed by atoms with Gasteiger partial charge in [-0.3, -0.25) is 19.3 Å². The Morgan fingerprint density at radius 3 is 2.82 bits per heavy atom. The van der Waals surface area contributed by atoms with E-state index in [0.717, 1.165) is 5.69 Å². The van der Waals surface area contributed by atoms with Crippen molar-refractivity contribution >= 4 is 0 Å². The number of nitrogens with zero attached hydrogens (tertiary/aromatic N) is 2. The number of aryl methyl sites for hydroxylation is 1. The number of aromatic nitrogens is 3. The summed E-state index contributed by atoms with van der Waals surface area (Å²) in [6, 6.07) is 5.51. The molecule has 0 aliphatic carbocycles. The van der Waals surface area contributed by atoms with Crippen molar-refractivity contribution in [2.24, 2.45) is 0 Å². The number of nitrogens with one attached hydrogen (secondary N) is 1. The van der Waals surface area contributed by atoms with E-state index in [0.29, 0.717) is 18.5 Å². The Labute approximate surface area is 97.8 Å². The van der Waals surface area contributed by atoms with Gasteiger partial charge >= 0.3 is 5.69 Å². The van der Waals surface area contributed by atoms with Crippen molar-refractivity contribution in [1.29, 1.82) is 0 Å². The molecule has 2 aromatic rings. The van der Waals surface area contributed by atoms with Crippen LogP contribution in [0.4, 0.5) is 0 Å². The second-order valence-electron chi connectivity index (χ2n) is 3.72. The Kier molecular flexibility index (Phi) is 3.18. The molecule has 0 unspecified atom stereocenters. The number of H-pyrrole nitrogens is 1. The van der Waals surface area contributed by atoms with Crippen LogP contribution in [0.15, 0.2) is 40.2 Å². The summed E-state index contributed by atoms with van der Waals surface area (Å²) in [5, 5.41) is 0. The number of hydrogen-bond acceptors (Lipinski definition) is 3. The van der Waals surface area contributed by atoms with E-state index in [2.05, 4.69) is 9.97 Å². The van der Waals surface area contributed by atoms with Gasteiger partial charge in [0.05, 0.1) is 12.2 Å². The summed E-state index contributed by atoms with van der Waals surface area (Å²) < 4.78 is 1.46. The molecule has 0 atom stereocenters. The Bertz CT molecular complexity index is 614. The van der Waals surface area contributed by atoms with Gasteiger partial charge in [-0.1, -0.05) is 13.0 Å². The van der Waals surface area contributed by atoms with Crippen LogP contribution in [0, 0.1) is 0 Å². The standard InChI is InChI=1S/C12H13N3O2/c1-2-9-7-15(12(17)14-11(9)16)8-10-5-3-4-6-13-10/h3-7H,2,8H2,1H3,(H,14,16,17). The summed E-state index contributed by atoms with van der Waals surface area (Å²) in [6.45, 7) is 2.24. The van der Waals surface area contributed by atoms with Gasteiger partial charge < -0.3 is 0 Å². The van der Waals surface area contributed by atoms with Crippen LogP contribution in [0.2, 0.25) is 0 Å². The minimum Gasteiger partial charge on any atom is -0.294 e. The number of pyridine rings is 1. The average molecular weight is 231 g/mol. The second-order valence-corrected chi connectivity index (χ2v) is 3.72. The van der Waals surface area contributed by atoms with Gasteiger partial charge in [0.15, 0.2) is 0 Å². The van der Waals surface area contributed by atoms with Gasteiger partial charge in [0.1, 0.15) is 0 Å². The van der Waals surface area contributed by atoms with Crippen molar-refractivity contribution in [3.8, 4) is 0 Å². The lowest BCUT2D eigenvalue weighted by Crippen LogP contribution is -2.32. The maximum atomic E-state index is 11.6. The third-order valence-corrected chi connectivity index (χ3v) is 2.52. The van der Waals surface area contributed by atoms with Crippen LogP contribution in [-0.2, 0) is 13.0 Å². The Hall–Kier alpha value is -2.17. The molecule has 5 nitrogen and oxygen atoms in total. The van der Waals surface area contributed by atoms with E-state index < -0.39 is 5.69 Å². The van der Waals surface area contributed by atoms with E-state index in [4.69, 9.17) is 0 Å². The fourth-order valence-electron chi connectivity index (χ4n) is 1.59. The van der Waals surface area contributed by atoms with Gasteiger partial charge in [-0.05, 0) is 18.6 Å². The minimum absolute atomic E-state index is 0.310. The Morgan fingerprint density at radius 2 is 2.18 bits per heavy atom. The van der Waals surface area contributed by atoms with Crippen LogP contribution in [-0.4, -0.2) is 14.5 Å². The SMILES string of the molecule is CCc1cn(Cc2ccccn2)c(=O)[nH]c1=O. The molecule has 0 bridgehead atoms. The van der Waals surface area contributed by atoms with E-state index >= 15 is 0 Å². The zero-order valence-corrected chi connectivity index (χ0v) is 9.51. The molecule has 0 spiro atoms. The molecule has 2 aromatic heterocycles. The lowest BCUT2D eigenvalue weighted by atomic mass is 10.2. The van der Waals surface area contributed by atoms with Crippen molar-refractivity contribution in [3.63, 3.8) is 0 Å². The van der Waals surface area contributed by atoms with Crippen LogP contribution in [0.3, 0.4) is 0 Å². The first-order valence-corrected chi connectivity index (χ1v) is 5.43. The van der Waals surface area contributed by atoms with Crippen molar-refractivity contribution in [3.05, 3.63) is 62.7 Å². The molecule has 5 heteroatoms. The van der Waals surface area contributed by atoms with Crippen molar-refractivity contribution in [2.45, 2.75) is 19.9 Å². The first kappa shape index (κ1) is 11.3.